The van der Waals surface area contributed by atoms with Crippen LogP contribution < -0.4 is 33.5 Å². The molecule has 5 N–H and O–H groups in total. The number of ether oxygens (including phenoxy) is 3. The van der Waals surface area contributed by atoms with E-state index in [1.807, 2.05) is 24.3 Å². The fourth-order valence-electron chi connectivity index (χ4n) is 5.06. The maximum Gasteiger partial charge on any atom is 0.514 e. The molecular weight excluding hydrogens is 654 g/mol. The summed E-state index contributed by atoms with van der Waals surface area (Å²) >= 11 is 3.42. The van der Waals surface area contributed by atoms with Gasteiger partial charge in [0.15, 0.2) is 0 Å². The summed E-state index contributed by atoms with van der Waals surface area (Å²) in [6.07, 6.45) is 5.55. The number of hydrogen-bond donors (Lipinski definition) is 3. The van der Waals surface area contributed by atoms with E-state index in [2.05, 4.69) is 32.3 Å². The molecule has 2 aromatic rings. The zero-order valence-electron chi connectivity index (χ0n) is 25.2. The highest BCUT2D eigenvalue weighted by Crippen LogP contribution is 2.29. The third kappa shape index (κ3) is 12.8. The van der Waals surface area contributed by atoms with Crippen molar-refractivity contribution in [1.29, 1.82) is 0 Å². The minimum absolute atomic E-state index is 0. The number of carbonyl (C=O) groups is 4. The second-order valence-corrected chi connectivity index (χ2v) is 11.7. The summed E-state index contributed by atoms with van der Waals surface area (Å²) in [5, 5.41) is 5.92. The molecular formula is C32H43BrClN3O7. The van der Waals surface area contributed by atoms with Crippen molar-refractivity contribution in [2.75, 3.05) is 20.2 Å². The number of hydrogen-bond acceptors (Lipinski definition) is 7. The highest BCUT2D eigenvalue weighted by molar-refractivity contribution is 9.10. The highest BCUT2D eigenvalue weighted by Gasteiger charge is 2.28. The lowest BCUT2D eigenvalue weighted by Crippen LogP contribution is -3.00. The van der Waals surface area contributed by atoms with E-state index in [9.17, 15) is 19.2 Å². The van der Waals surface area contributed by atoms with E-state index in [0.717, 1.165) is 67.1 Å². The van der Waals surface area contributed by atoms with Gasteiger partial charge >= 0.3 is 12.1 Å². The van der Waals surface area contributed by atoms with Crippen molar-refractivity contribution >= 4 is 39.9 Å². The van der Waals surface area contributed by atoms with Gasteiger partial charge in [0.1, 0.15) is 18.4 Å². The molecule has 12 heteroatoms. The minimum atomic E-state index is -0.826. The Balaban J connectivity index is 0.00000675. The van der Waals surface area contributed by atoms with Crippen LogP contribution >= 0.6 is 15.9 Å². The topological polar surface area (TPSA) is 148 Å². The predicted octanol–water partition coefficient (Wildman–Crippen LogP) is 1.09. The first-order valence-electron chi connectivity index (χ1n) is 14.9. The van der Waals surface area contributed by atoms with Crippen molar-refractivity contribution < 1.29 is 51.5 Å². The molecule has 0 heterocycles. The van der Waals surface area contributed by atoms with Crippen LogP contribution in [0.1, 0.15) is 62.5 Å². The summed E-state index contributed by atoms with van der Waals surface area (Å²) in [6.45, 7) is 1.38. The van der Waals surface area contributed by atoms with Gasteiger partial charge in [-0.1, -0.05) is 46.3 Å². The molecule has 0 spiro atoms. The van der Waals surface area contributed by atoms with Gasteiger partial charge in [-0.15, -0.1) is 0 Å². The Morgan fingerprint density at radius 3 is 2.34 bits per heavy atom. The molecule has 1 atom stereocenters. The van der Waals surface area contributed by atoms with E-state index >= 15 is 0 Å². The lowest BCUT2D eigenvalue weighted by molar-refractivity contribution is -0.368. The molecule has 0 radical (unpaired) electrons. The summed E-state index contributed by atoms with van der Waals surface area (Å²) in [5.41, 5.74) is 5.44. The number of quaternary nitrogens is 1. The number of carbonyl (C=O) groups excluding carboxylic acids is 4. The first-order chi connectivity index (χ1) is 20.8. The molecule has 0 aliphatic heterocycles. The van der Waals surface area contributed by atoms with Crippen molar-refractivity contribution in [3.05, 3.63) is 64.1 Å². The van der Waals surface area contributed by atoms with Crippen LogP contribution in [0.15, 0.2) is 53.0 Å². The summed E-state index contributed by atoms with van der Waals surface area (Å²) in [6, 6.07) is 13.4. The van der Waals surface area contributed by atoms with Crippen molar-refractivity contribution in [1.82, 2.24) is 10.6 Å². The van der Waals surface area contributed by atoms with Crippen LogP contribution in [0.5, 0.6) is 5.75 Å². The van der Waals surface area contributed by atoms with Gasteiger partial charge in [0.05, 0.1) is 19.6 Å². The molecule has 0 unspecified atom stereocenters. The van der Waals surface area contributed by atoms with Crippen LogP contribution in [0.4, 0.5) is 4.79 Å². The zero-order valence-corrected chi connectivity index (χ0v) is 27.5. The van der Waals surface area contributed by atoms with E-state index in [1.165, 1.54) is 7.11 Å². The molecule has 1 fully saturated rings. The maximum absolute atomic E-state index is 13.2. The molecule has 3 rings (SSSR count). The number of halogens is 2. The fraction of sp³-hybridized carbons (Fsp3) is 0.500. The second-order valence-electron chi connectivity index (χ2n) is 10.9. The minimum Gasteiger partial charge on any atom is -1.00 e. The van der Waals surface area contributed by atoms with Crippen LogP contribution in [-0.4, -0.2) is 50.2 Å². The van der Waals surface area contributed by atoms with Gasteiger partial charge in [0.25, 0.3) is 0 Å². The Kier molecular flexibility index (Phi) is 16.8. The summed E-state index contributed by atoms with van der Waals surface area (Å²) in [7, 11) is 1.41. The van der Waals surface area contributed by atoms with Gasteiger partial charge < -0.3 is 43.0 Å². The number of rotatable bonds is 15. The average molecular weight is 697 g/mol. The number of benzene rings is 2. The van der Waals surface area contributed by atoms with Crippen molar-refractivity contribution in [2.24, 2.45) is 11.8 Å². The number of unbranched alkanes of at least 4 members (excludes halogenated alkanes) is 2. The molecule has 242 valence electrons. The van der Waals surface area contributed by atoms with Gasteiger partial charge in [-0.05, 0) is 74.6 Å². The van der Waals surface area contributed by atoms with Crippen LogP contribution in [0, 0.1) is 11.8 Å². The first kappa shape index (κ1) is 37.0. The lowest BCUT2D eigenvalue weighted by Gasteiger charge is -2.27. The average Bonchev–Trinajstić information content (AvgIpc) is 3.02. The molecule has 1 saturated carbocycles. The van der Waals surface area contributed by atoms with Crippen molar-refractivity contribution in [3.63, 3.8) is 0 Å². The molecule has 0 aromatic heterocycles. The predicted molar refractivity (Wildman–Crippen MR) is 164 cm³/mol. The number of methoxy groups -OCH3 is 1. The highest BCUT2D eigenvalue weighted by atomic mass is 79.9. The summed E-state index contributed by atoms with van der Waals surface area (Å²) in [5.74, 6) is -0.101. The third-order valence-corrected chi connectivity index (χ3v) is 8.39. The Morgan fingerprint density at radius 1 is 0.977 bits per heavy atom. The monoisotopic (exact) mass is 695 g/mol. The molecule has 44 heavy (non-hydrogen) atoms. The molecule has 0 bridgehead atoms. The Labute approximate surface area is 273 Å². The van der Waals surface area contributed by atoms with Crippen molar-refractivity contribution in [3.8, 4) is 5.75 Å². The van der Waals surface area contributed by atoms with E-state index in [0.29, 0.717) is 18.7 Å². The zero-order chi connectivity index (χ0) is 31.0. The standard InChI is InChI=1S/C32H42BrN3O7.ClH/c1-41-31(39)24-14-10-23(11-15-24)20-35-30(38)28(36-29(37)9-3-2-6-18-34)19-22-12-16-26(17-13-22)43-32(40)42-21-25-7-4-5-8-27(25)33;/h4-5,7-8,12-13,16-17,23-24,28H,2-3,6,9-11,14-15,18-21,34H2,1H3,(H,35,38)(H,36,37);1H/t23?,24?,28-;/m0./s1. The lowest BCUT2D eigenvalue weighted by atomic mass is 9.82. The fourth-order valence-corrected chi connectivity index (χ4v) is 5.46. The van der Waals surface area contributed by atoms with Gasteiger partial charge in [-0.2, -0.15) is 0 Å². The number of amides is 2. The molecule has 1 aliphatic rings. The van der Waals surface area contributed by atoms with Crippen LogP contribution in [-0.2, 0) is 36.9 Å². The summed E-state index contributed by atoms with van der Waals surface area (Å²) in [4.78, 5) is 49.9. The maximum atomic E-state index is 13.2. The molecule has 0 saturated heterocycles. The quantitative estimate of drug-likeness (QED) is 0.144. The Bertz CT molecular complexity index is 1210. The summed E-state index contributed by atoms with van der Waals surface area (Å²) < 4.78 is 16.2. The smallest absolute Gasteiger partial charge is 0.514 e. The van der Waals surface area contributed by atoms with E-state index in [-0.39, 0.29) is 55.1 Å². The van der Waals surface area contributed by atoms with E-state index in [1.54, 1.807) is 24.3 Å². The largest absolute Gasteiger partial charge is 1.00 e. The number of nitrogens with one attached hydrogen (secondary N) is 2. The van der Waals surface area contributed by atoms with Gasteiger partial charge in [0, 0.05) is 29.4 Å². The Hall–Kier alpha value is -3.15. The van der Waals surface area contributed by atoms with E-state index in [4.69, 9.17) is 14.2 Å². The molecule has 10 nitrogen and oxygen atoms in total. The van der Waals surface area contributed by atoms with Gasteiger partial charge in [-0.25, -0.2) is 4.79 Å². The van der Waals surface area contributed by atoms with Crippen LogP contribution in [0.3, 0.4) is 0 Å². The first-order valence-corrected chi connectivity index (χ1v) is 15.7. The van der Waals surface area contributed by atoms with Gasteiger partial charge in [-0.3, -0.25) is 14.4 Å². The van der Waals surface area contributed by atoms with Crippen LogP contribution in [0.25, 0.3) is 0 Å². The number of esters is 1. The molecule has 2 amide bonds. The normalized spacial score (nSPS) is 16.5. The van der Waals surface area contributed by atoms with E-state index < -0.39 is 12.2 Å². The molecule has 1 aliphatic carbocycles. The van der Waals surface area contributed by atoms with Crippen molar-refractivity contribution in [2.45, 2.75) is 70.4 Å². The van der Waals surface area contributed by atoms with Gasteiger partial charge in [0.2, 0.25) is 11.8 Å². The third-order valence-electron chi connectivity index (χ3n) is 7.62. The Morgan fingerprint density at radius 2 is 1.68 bits per heavy atom. The molecule has 2 aromatic carbocycles. The second kappa shape index (κ2) is 20.0. The van der Waals surface area contributed by atoms with Crippen LogP contribution in [0.2, 0.25) is 0 Å². The SMILES string of the molecule is COC(=O)C1CCC(CNC(=O)[C@H](Cc2ccc(OC(=O)OCc3ccccc3Br)cc2)NC(=O)CCCCC[NH3+])CC1.[Cl-].